The van der Waals surface area contributed by atoms with Gasteiger partial charge in [0.1, 0.15) is 11.7 Å². The van der Waals surface area contributed by atoms with Crippen LogP contribution in [0.3, 0.4) is 0 Å². The molecule has 6 N–H and O–H groups in total. The van der Waals surface area contributed by atoms with Crippen molar-refractivity contribution in [1.82, 2.24) is 14.3 Å². The minimum absolute atomic E-state index is 0.148. The van der Waals surface area contributed by atoms with E-state index in [2.05, 4.69) is 20.1 Å². The van der Waals surface area contributed by atoms with Crippen molar-refractivity contribution in [2.75, 3.05) is 11.6 Å². The van der Waals surface area contributed by atoms with Crippen molar-refractivity contribution in [3.05, 3.63) is 82.4 Å². The van der Waals surface area contributed by atoms with E-state index < -0.39 is 15.8 Å². The monoisotopic (exact) mass is 597 g/mol. The van der Waals surface area contributed by atoms with E-state index in [0.29, 0.717) is 5.56 Å². The number of rotatable bonds is 8. The Bertz CT molecular complexity index is 1730. The number of aliphatic imine (C=N–C) groups is 1. The van der Waals surface area contributed by atoms with Gasteiger partial charge in [0.2, 0.25) is 10.0 Å². The quantitative estimate of drug-likeness (QED) is 0.169. The van der Waals surface area contributed by atoms with Gasteiger partial charge in [-0.25, -0.2) is 27.0 Å². The minimum atomic E-state index is -3.33. The molecule has 2 aromatic carbocycles. The number of nitrogens with one attached hydrogen (secondary N) is 2. The molecule has 0 bridgehead atoms. The number of nitrogens with two attached hydrogens (primary N) is 2. The molecule has 9 nitrogen and oxygen atoms in total. The van der Waals surface area contributed by atoms with Gasteiger partial charge < -0.3 is 16.8 Å². The number of aromatic nitrogens is 2. The molecule has 2 heterocycles. The van der Waals surface area contributed by atoms with Gasteiger partial charge in [0.15, 0.2) is 0 Å². The average Bonchev–Trinajstić information content (AvgIpc) is 3.36. The SMILES string of the molecule is Cc1ccc(CNS(C)(=O)=O)cc1-c1cc2c(NC3CCC(N)CC3)c(C(N)=Nc3cc(F)ccc3Cl)cnn2c1. The van der Waals surface area contributed by atoms with E-state index in [1.807, 2.05) is 37.4 Å². The molecule has 1 fully saturated rings. The van der Waals surface area contributed by atoms with Gasteiger partial charge in [-0.2, -0.15) is 5.10 Å². The van der Waals surface area contributed by atoms with Gasteiger partial charge in [-0.15, -0.1) is 0 Å². The summed E-state index contributed by atoms with van der Waals surface area (Å²) in [6, 6.07) is 12.2. The Kier molecular flexibility index (Phi) is 8.32. The standard InChI is InChI=1S/C29H33ClFN7O2S/c1-17-3-4-18(14-35-41(2,39)40)11-23(17)19-12-27-28(36-22-8-6-21(32)7-9-22)24(15-34-38(27)16-19)29(33)37-26-13-20(31)5-10-25(26)30/h3-5,10-13,15-16,21-22,35-36H,6-9,14,32H2,1-2H3,(H2,33,37). The van der Waals surface area contributed by atoms with Crippen LogP contribution in [0, 0.1) is 12.7 Å². The molecular formula is C29H33ClFN7O2S. The number of nitrogens with zero attached hydrogens (tertiary/aromatic N) is 3. The lowest BCUT2D eigenvalue weighted by atomic mass is 9.91. The number of halogens is 2. The Balaban J connectivity index is 1.59. The van der Waals surface area contributed by atoms with E-state index in [-0.39, 0.29) is 35.2 Å². The third-order valence-corrected chi connectivity index (χ3v) is 8.32. The first-order chi connectivity index (χ1) is 19.5. The number of sulfonamides is 1. The molecule has 0 amide bonds. The summed E-state index contributed by atoms with van der Waals surface area (Å²) in [5.74, 6) is -0.317. The van der Waals surface area contributed by atoms with Crippen molar-refractivity contribution in [2.45, 2.75) is 51.2 Å². The van der Waals surface area contributed by atoms with Crippen LogP contribution in [-0.4, -0.2) is 42.2 Å². The van der Waals surface area contributed by atoms with E-state index in [0.717, 1.165) is 65.4 Å². The Morgan fingerprint density at radius 1 is 1.17 bits per heavy atom. The van der Waals surface area contributed by atoms with Crippen LogP contribution in [0.5, 0.6) is 0 Å². The number of benzene rings is 2. The zero-order valence-electron chi connectivity index (χ0n) is 22.9. The Morgan fingerprint density at radius 3 is 2.66 bits per heavy atom. The number of aryl methyl sites for hydroxylation is 1. The van der Waals surface area contributed by atoms with Gasteiger partial charge in [-0.3, -0.25) is 0 Å². The third kappa shape index (κ3) is 6.87. The second-order valence-corrected chi connectivity index (χ2v) is 12.8. The summed E-state index contributed by atoms with van der Waals surface area (Å²) >= 11 is 6.26. The van der Waals surface area contributed by atoms with Crippen LogP contribution in [-0.2, 0) is 16.6 Å². The van der Waals surface area contributed by atoms with Gasteiger partial charge in [0, 0.05) is 36.5 Å². The summed E-state index contributed by atoms with van der Waals surface area (Å²) < 4.78 is 41.5. The summed E-state index contributed by atoms with van der Waals surface area (Å²) in [6.45, 7) is 2.19. The molecule has 0 aliphatic heterocycles. The van der Waals surface area contributed by atoms with Crippen molar-refractivity contribution < 1.29 is 12.8 Å². The zero-order chi connectivity index (χ0) is 29.3. The average molecular weight is 598 g/mol. The molecule has 41 heavy (non-hydrogen) atoms. The fourth-order valence-electron chi connectivity index (χ4n) is 5.08. The molecule has 1 aliphatic rings. The molecule has 4 aromatic rings. The summed E-state index contributed by atoms with van der Waals surface area (Å²) in [6.07, 6.45) is 8.34. The predicted octanol–water partition coefficient (Wildman–Crippen LogP) is 4.87. The number of hydrogen-bond acceptors (Lipinski definition) is 6. The fourth-order valence-corrected chi connectivity index (χ4v) is 5.67. The number of hydrogen-bond donors (Lipinski definition) is 4. The van der Waals surface area contributed by atoms with Crippen LogP contribution in [0.4, 0.5) is 15.8 Å². The molecule has 0 unspecified atom stereocenters. The highest BCUT2D eigenvalue weighted by molar-refractivity contribution is 7.88. The fraction of sp³-hybridized carbons (Fsp3) is 0.310. The van der Waals surface area contributed by atoms with Crippen molar-refractivity contribution >= 4 is 44.4 Å². The van der Waals surface area contributed by atoms with Gasteiger partial charge in [-0.1, -0.05) is 23.7 Å². The van der Waals surface area contributed by atoms with Crippen LogP contribution in [0.1, 0.15) is 42.4 Å². The summed E-state index contributed by atoms with van der Waals surface area (Å²) in [5.41, 5.74) is 18.7. The van der Waals surface area contributed by atoms with Gasteiger partial charge in [0.05, 0.1) is 39.9 Å². The molecule has 1 saturated carbocycles. The molecule has 5 rings (SSSR count). The first kappa shape index (κ1) is 29.0. The Labute approximate surface area is 243 Å². The molecule has 0 atom stereocenters. The minimum Gasteiger partial charge on any atom is -0.383 e. The Morgan fingerprint density at radius 2 is 1.93 bits per heavy atom. The summed E-state index contributed by atoms with van der Waals surface area (Å²) in [4.78, 5) is 4.45. The van der Waals surface area contributed by atoms with Crippen molar-refractivity contribution in [3.8, 4) is 11.1 Å². The highest BCUT2D eigenvalue weighted by atomic mass is 35.5. The maximum absolute atomic E-state index is 13.9. The normalized spacial score (nSPS) is 18.1. The molecule has 0 saturated heterocycles. The first-order valence-corrected chi connectivity index (χ1v) is 15.6. The van der Waals surface area contributed by atoms with Crippen molar-refractivity contribution in [2.24, 2.45) is 16.5 Å². The van der Waals surface area contributed by atoms with Crippen LogP contribution in [0.15, 0.2) is 59.9 Å². The smallest absolute Gasteiger partial charge is 0.209 e. The molecule has 1 aliphatic carbocycles. The largest absolute Gasteiger partial charge is 0.383 e. The number of anilines is 1. The second kappa shape index (κ2) is 11.8. The molecule has 2 aromatic heterocycles. The van der Waals surface area contributed by atoms with E-state index in [9.17, 15) is 12.8 Å². The van der Waals surface area contributed by atoms with Crippen LogP contribution < -0.4 is 21.5 Å². The van der Waals surface area contributed by atoms with Crippen LogP contribution >= 0.6 is 11.6 Å². The lowest BCUT2D eigenvalue weighted by Crippen LogP contribution is -2.33. The molecular weight excluding hydrogens is 565 g/mol. The molecule has 12 heteroatoms. The lowest BCUT2D eigenvalue weighted by Gasteiger charge is -2.28. The highest BCUT2D eigenvalue weighted by Crippen LogP contribution is 2.33. The number of amidine groups is 1. The van der Waals surface area contributed by atoms with Gasteiger partial charge in [-0.05, 0) is 73.6 Å². The van der Waals surface area contributed by atoms with E-state index >= 15 is 0 Å². The second-order valence-electron chi connectivity index (χ2n) is 10.6. The van der Waals surface area contributed by atoms with E-state index in [1.165, 1.54) is 18.2 Å². The molecule has 0 spiro atoms. The first-order valence-electron chi connectivity index (χ1n) is 13.3. The van der Waals surface area contributed by atoms with E-state index in [1.54, 1.807) is 10.7 Å². The van der Waals surface area contributed by atoms with E-state index in [4.69, 9.17) is 23.1 Å². The van der Waals surface area contributed by atoms with Crippen LogP contribution in [0.2, 0.25) is 5.02 Å². The maximum atomic E-state index is 13.9. The predicted molar refractivity (Wildman–Crippen MR) is 163 cm³/mol. The lowest BCUT2D eigenvalue weighted by molar-refractivity contribution is 0.411. The van der Waals surface area contributed by atoms with Crippen molar-refractivity contribution in [1.29, 1.82) is 0 Å². The summed E-state index contributed by atoms with van der Waals surface area (Å²) in [5, 5.41) is 8.57. The maximum Gasteiger partial charge on any atom is 0.209 e. The summed E-state index contributed by atoms with van der Waals surface area (Å²) in [7, 11) is -3.33. The van der Waals surface area contributed by atoms with Crippen molar-refractivity contribution in [3.63, 3.8) is 0 Å². The van der Waals surface area contributed by atoms with Gasteiger partial charge in [0.25, 0.3) is 0 Å². The third-order valence-electron chi connectivity index (χ3n) is 7.33. The zero-order valence-corrected chi connectivity index (χ0v) is 24.4. The van der Waals surface area contributed by atoms with Gasteiger partial charge >= 0.3 is 0 Å². The topological polar surface area (TPSA) is 140 Å². The van der Waals surface area contributed by atoms with Crippen LogP contribution in [0.25, 0.3) is 16.6 Å². The highest BCUT2D eigenvalue weighted by Gasteiger charge is 2.22. The number of fused-ring (bicyclic) bond motifs is 1. The molecule has 0 radical (unpaired) electrons. The Hall–Kier alpha value is -3.51. The molecule has 216 valence electrons.